The Morgan fingerprint density at radius 3 is 2.46 bits per heavy atom. The minimum atomic E-state index is 0.196. The van der Waals surface area contributed by atoms with Gasteiger partial charge in [0.2, 0.25) is 0 Å². The van der Waals surface area contributed by atoms with E-state index in [1.165, 1.54) is 5.56 Å². The number of nitrogens with one attached hydrogen (secondary N) is 1. The Labute approximate surface area is 164 Å². The van der Waals surface area contributed by atoms with Crippen molar-refractivity contribution in [2.24, 2.45) is 11.8 Å². The summed E-state index contributed by atoms with van der Waals surface area (Å²) in [6.45, 7) is 5.12. The first-order valence-corrected chi connectivity index (χ1v) is 9.54. The van der Waals surface area contributed by atoms with Crippen LogP contribution in [0.1, 0.15) is 23.0 Å². The van der Waals surface area contributed by atoms with E-state index in [9.17, 15) is 0 Å². The van der Waals surface area contributed by atoms with Crippen LogP contribution in [0.4, 0.5) is 0 Å². The van der Waals surface area contributed by atoms with Crippen molar-refractivity contribution in [1.29, 1.82) is 0 Å². The molecule has 0 amide bonds. The minimum absolute atomic E-state index is 0.196. The van der Waals surface area contributed by atoms with Crippen molar-refractivity contribution in [3.05, 3.63) is 88.1 Å². The summed E-state index contributed by atoms with van der Waals surface area (Å²) in [5.74, 6) is 2.16. The van der Waals surface area contributed by atoms with Crippen molar-refractivity contribution in [2.45, 2.75) is 11.8 Å². The second-order valence-corrected chi connectivity index (χ2v) is 7.81. The maximum absolute atomic E-state index is 6.56. The van der Waals surface area contributed by atoms with Gasteiger partial charge >= 0.3 is 0 Å². The van der Waals surface area contributed by atoms with E-state index in [1.54, 1.807) is 7.11 Å². The van der Waals surface area contributed by atoms with Crippen molar-refractivity contribution in [3.63, 3.8) is 0 Å². The number of allylic oxidation sites excluding steroid dienone is 2. The lowest BCUT2D eigenvalue weighted by Crippen LogP contribution is -2.28. The van der Waals surface area contributed by atoms with Gasteiger partial charge in [0.25, 0.3) is 0 Å². The molecule has 0 spiro atoms. The largest absolute Gasteiger partial charge is 0.497 e. The van der Waals surface area contributed by atoms with Gasteiger partial charge in [-0.25, -0.2) is 0 Å². The van der Waals surface area contributed by atoms with Crippen LogP contribution in [0, 0.1) is 11.8 Å². The Hall–Kier alpha value is -1.90. The van der Waals surface area contributed by atoms with E-state index < -0.39 is 0 Å². The molecule has 2 aromatic rings. The summed E-state index contributed by atoms with van der Waals surface area (Å²) in [6.07, 6.45) is 4.56. The second kappa shape index (κ2) is 7.02. The molecule has 1 N–H and O–H groups in total. The highest BCUT2D eigenvalue weighted by atomic mass is 35.5. The second-order valence-electron chi connectivity index (χ2n) is 6.97. The summed E-state index contributed by atoms with van der Waals surface area (Å²) in [5.41, 5.74) is 3.51. The number of ether oxygens (including phenoxy) is 1. The maximum Gasteiger partial charge on any atom is 0.118 e. The first-order valence-electron chi connectivity index (χ1n) is 8.78. The fourth-order valence-electron chi connectivity index (χ4n) is 4.34. The van der Waals surface area contributed by atoms with Crippen LogP contribution in [-0.2, 0) is 0 Å². The molecular formula is C22H21Cl2NO. The van der Waals surface area contributed by atoms with E-state index >= 15 is 0 Å². The smallest absolute Gasteiger partial charge is 0.118 e. The molecule has 1 fully saturated rings. The molecule has 2 aliphatic rings. The highest BCUT2D eigenvalue weighted by molar-refractivity contribution is 6.35. The molecule has 1 saturated heterocycles. The van der Waals surface area contributed by atoms with Gasteiger partial charge in [0.1, 0.15) is 5.75 Å². The first-order chi connectivity index (χ1) is 12.6. The summed E-state index contributed by atoms with van der Waals surface area (Å²) >= 11 is 12.7. The third-order valence-corrected chi connectivity index (χ3v) is 6.19. The molecule has 4 rings (SSSR count). The quantitative estimate of drug-likeness (QED) is 0.675. The van der Waals surface area contributed by atoms with E-state index in [0.717, 1.165) is 23.6 Å². The number of halogens is 2. The van der Waals surface area contributed by atoms with Gasteiger partial charge in [-0.1, -0.05) is 60.1 Å². The molecule has 1 aliphatic carbocycles. The van der Waals surface area contributed by atoms with Gasteiger partial charge in [0.05, 0.1) is 7.11 Å². The Morgan fingerprint density at radius 2 is 1.77 bits per heavy atom. The third kappa shape index (κ3) is 3.02. The SMILES string of the molecule is C=C1NCC2C1C=CC(c1ccc(Cl)cc1Cl)C2c1ccc(OC)cc1. The Balaban J connectivity index is 1.80. The maximum atomic E-state index is 6.56. The van der Waals surface area contributed by atoms with Crippen molar-refractivity contribution in [3.8, 4) is 5.75 Å². The van der Waals surface area contributed by atoms with Gasteiger partial charge in [-0.3, -0.25) is 0 Å². The number of methoxy groups -OCH3 is 1. The van der Waals surface area contributed by atoms with Crippen LogP contribution >= 0.6 is 23.2 Å². The summed E-state index contributed by atoms with van der Waals surface area (Å²) in [4.78, 5) is 0. The van der Waals surface area contributed by atoms with Crippen LogP contribution in [0.15, 0.2) is 66.9 Å². The molecular weight excluding hydrogens is 365 g/mol. The Morgan fingerprint density at radius 1 is 1.04 bits per heavy atom. The predicted molar refractivity (Wildman–Crippen MR) is 108 cm³/mol. The van der Waals surface area contributed by atoms with Gasteiger partial charge < -0.3 is 10.1 Å². The molecule has 26 heavy (non-hydrogen) atoms. The van der Waals surface area contributed by atoms with Crippen LogP contribution in [0.25, 0.3) is 0 Å². The van der Waals surface area contributed by atoms with Crippen LogP contribution < -0.4 is 10.1 Å². The number of hydrogen-bond donors (Lipinski definition) is 1. The lowest BCUT2D eigenvalue weighted by atomic mass is 9.66. The topological polar surface area (TPSA) is 21.3 Å². The lowest BCUT2D eigenvalue weighted by Gasteiger charge is -2.37. The predicted octanol–water partition coefficient (Wildman–Crippen LogP) is 5.79. The molecule has 0 radical (unpaired) electrons. The van der Waals surface area contributed by atoms with Crippen LogP contribution in [0.2, 0.25) is 10.0 Å². The molecule has 0 aromatic heterocycles. The van der Waals surface area contributed by atoms with E-state index in [1.807, 2.05) is 30.3 Å². The molecule has 0 bridgehead atoms. The van der Waals surface area contributed by atoms with E-state index in [0.29, 0.717) is 27.8 Å². The summed E-state index contributed by atoms with van der Waals surface area (Å²) in [6, 6.07) is 14.2. The van der Waals surface area contributed by atoms with Gasteiger partial charge in [-0.05, 0) is 47.2 Å². The molecule has 2 aromatic carbocycles. The van der Waals surface area contributed by atoms with E-state index in [-0.39, 0.29) is 5.92 Å². The fourth-order valence-corrected chi connectivity index (χ4v) is 4.87. The van der Waals surface area contributed by atoms with Crippen LogP contribution in [-0.4, -0.2) is 13.7 Å². The normalized spacial score (nSPS) is 27.1. The summed E-state index contributed by atoms with van der Waals surface area (Å²) in [7, 11) is 1.69. The number of hydrogen-bond acceptors (Lipinski definition) is 2. The zero-order valence-corrected chi connectivity index (χ0v) is 16.1. The van der Waals surface area contributed by atoms with Crippen LogP contribution in [0.5, 0.6) is 5.75 Å². The van der Waals surface area contributed by atoms with Crippen molar-refractivity contribution in [1.82, 2.24) is 5.32 Å². The third-order valence-electron chi connectivity index (χ3n) is 5.62. The van der Waals surface area contributed by atoms with E-state index in [4.69, 9.17) is 27.9 Å². The van der Waals surface area contributed by atoms with Crippen LogP contribution in [0.3, 0.4) is 0 Å². The van der Waals surface area contributed by atoms with Gasteiger partial charge in [0, 0.05) is 34.1 Å². The molecule has 4 unspecified atom stereocenters. The highest BCUT2D eigenvalue weighted by Gasteiger charge is 2.42. The number of rotatable bonds is 3. The minimum Gasteiger partial charge on any atom is -0.497 e. The van der Waals surface area contributed by atoms with Gasteiger partial charge in [-0.15, -0.1) is 0 Å². The highest BCUT2D eigenvalue weighted by Crippen LogP contribution is 2.50. The molecule has 0 saturated carbocycles. The van der Waals surface area contributed by atoms with Gasteiger partial charge in [0.15, 0.2) is 0 Å². The fraction of sp³-hybridized carbons (Fsp3) is 0.273. The first kappa shape index (κ1) is 17.5. The van der Waals surface area contributed by atoms with Crippen molar-refractivity contribution < 1.29 is 4.74 Å². The monoisotopic (exact) mass is 385 g/mol. The molecule has 1 heterocycles. The molecule has 4 heteroatoms. The molecule has 2 nitrogen and oxygen atoms in total. The zero-order chi connectivity index (χ0) is 18.3. The standard InChI is InChI=1S/C22H21Cl2NO/c1-13-17-9-10-19(18-8-5-15(23)11-21(18)24)22(20(17)12-25-13)14-3-6-16(26-2)7-4-14/h3-11,17,19-20,22,25H,1,12H2,2H3. The number of benzene rings is 2. The average Bonchev–Trinajstić information content (AvgIpc) is 3.02. The molecule has 134 valence electrons. The Bertz CT molecular complexity index is 859. The van der Waals surface area contributed by atoms with Crippen molar-refractivity contribution >= 4 is 23.2 Å². The Kier molecular flexibility index (Phi) is 4.73. The summed E-state index contributed by atoms with van der Waals surface area (Å²) < 4.78 is 5.33. The summed E-state index contributed by atoms with van der Waals surface area (Å²) in [5, 5.41) is 4.83. The van der Waals surface area contributed by atoms with Gasteiger partial charge in [-0.2, -0.15) is 0 Å². The molecule has 4 atom stereocenters. The average molecular weight is 386 g/mol. The number of fused-ring (bicyclic) bond motifs is 1. The lowest BCUT2D eigenvalue weighted by molar-refractivity contribution is 0.362. The van der Waals surface area contributed by atoms with E-state index in [2.05, 4.69) is 36.2 Å². The van der Waals surface area contributed by atoms with Crippen molar-refractivity contribution in [2.75, 3.05) is 13.7 Å². The molecule has 1 aliphatic heterocycles. The zero-order valence-electron chi connectivity index (χ0n) is 14.6.